The lowest BCUT2D eigenvalue weighted by Crippen LogP contribution is -2.51. The molecule has 0 amide bonds. The van der Waals surface area contributed by atoms with Gasteiger partial charge in [0.15, 0.2) is 0 Å². The van der Waals surface area contributed by atoms with Crippen LogP contribution in [0.1, 0.15) is 40.0 Å². The number of rotatable bonds is 5. The largest absolute Gasteiger partial charge is 0.379 e. The van der Waals surface area contributed by atoms with Crippen LogP contribution in [-0.4, -0.2) is 62.0 Å². The highest BCUT2D eigenvalue weighted by Crippen LogP contribution is 2.27. The Morgan fingerprint density at radius 1 is 1.32 bits per heavy atom. The minimum atomic E-state index is 0.0780. The van der Waals surface area contributed by atoms with Crippen LogP contribution >= 0.6 is 0 Å². The molecule has 4 heteroatoms. The summed E-state index contributed by atoms with van der Waals surface area (Å²) < 4.78 is 11.3. The molecule has 0 bridgehead atoms. The zero-order chi connectivity index (χ0) is 13.7. The van der Waals surface area contributed by atoms with Crippen LogP contribution in [0.4, 0.5) is 0 Å². The van der Waals surface area contributed by atoms with Gasteiger partial charge < -0.3 is 14.8 Å². The van der Waals surface area contributed by atoms with Crippen LogP contribution < -0.4 is 5.32 Å². The minimum Gasteiger partial charge on any atom is -0.379 e. The van der Waals surface area contributed by atoms with Gasteiger partial charge in [-0.2, -0.15) is 0 Å². The van der Waals surface area contributed by atoms with Crippen LogP contribution in [0.25, 0.3) is 0 Å². The van der Waals surface area contributed by atoms with Crippen LogP contribution in [0.3, 0.4) is 0 Å². The number of morpholine rings is 1. The summed E-state index contributed by atoms with van der Waals surface area (Å²) in [5.74, 6) is 0. The molecule has 2 aliphatic heterocycles. The van der Waals surface area contributed by atoms with E-state index in [2.05, 4.69) is 31.0 Å². The van der Waals surface area contributed by atoms with Crippen molar-refractivity contribution in [1.82, 2.24) is 10.2 Å². The van der Waals surface area contributed by atoms with Gasteiger partial charge in [-0.1, -0.05) is 6.92 Å². The number of ether oxygens (including phenoxy) is 2. The lowest BCUT2D eigenvalue weighted by molar-refractivity contribution is -0.0794. The van der Waals surface area contributed by atoms with Gasteiger partial charge in [0.1, 0.15) is 0 Å². The van der Waals surface area contributed by atoms with Crippen molar-refractivity contribution in [3.63, 3.8) is 0 Å². The molecule has 2 saturated heterocycles. The molecule has 2 rings (SSSR count). The van der Waals surface area contributed by atoms with Crippen LogP contribution in [0.5, 0.6) is 0 Å². The highest BCUT2D eigenvalue weighted by atomic mass is 16.5. The number of nitrogens with zero attached hydrogens (tertiary/aromatic N) is 1. The maximum atomic E-state index is 5.91. The number of hydrogen-bond acceptors (Lipinski definition) is 4. The van der Waals surface area contributed by atoms with Crippen LogP contribution in [0, 0.1) is 0 Å². The molecule has 0 saturated carbocycles. The molecule has 0 aliphatic carbocycles. The van der Waals surface area contributed by atoms with Crippen molar-refractivity contribution in [2.45, 2.75) is 57.7 Å². The first kappa shape index (κ1) is 15.2. The third-order valence-corrected chi connectivity index (χ3v) is 4.50. The van der Waals surface area contributed by atoms with Crippen molar-refractivity contribution in [2.24, 2.45) is 0 Å². The van der Waals surface area contributed by atoms with Crippen molar-refractivity contribution < 1.29 is 9.47 Å². The molecule has 1 N–H and O–H groups in total. The first-order valence-corrected chi connectivity index (χ1v) is 7.81. The quantitative estimate of drug-likeness (QED) is 0.823. The summed E-state index contributed by atoms with van der Waals surface area (Å²) in [5.41, 5.74) is 0.0780. The van der Waals surface area contributed by atoms with Crippen molar-refractivity contribution in [1.29, 1.82) is 0 Å². The monoisotopic (exact) mass is 270 g/mol. The second-order valence-electron chi connectivity index (χ2n) is 6.32. The van der Waals surface area contributed by atoms with Crippen LogP contribution in [-0.2, 0) is 9.47 Å². The minimum absolute atomic E-state index is 0.0780. The lowest BCUT2D eigenvalue weighted by atomic mass is 9.89. The fraction of sp³-hybridized carbons (Fsp3) is 1.00. The standard InChI is InChI=1S/C15H30N2O2/c1-4-15(3)11-14(5-8-19-15)16-13(2)12-17-6-9-18-10-7-17/h13-14,16H,4-12H2,1-3H3. The molecule has 0 radical (unpaired) electrons. The van der Waals surface area contributed by atoms with Gasteiger partial charge in [-0.15, -0.1) is 0 Å². The average molecular weight is 270 g/mol. The lowest BCUT2D eigenvalue weighted by Gasteiger charge is -2.40. The molecule has 0 aromatic carbocycles. The summed E-state index contributed by atoms with van der Waals surface area (Å²) in [4.78, 5) is 2.50. The smallest absolute Gasteiger partial charge is 0.0666 e. The molecular formula is C15H30N2O2. The summed E-state index contributed by atoms with van der Waals surface area (Å²) in [6.45, 7) is 12.7. The molecular weight excluding hydrogens is 240 g/mol. The van der Waals surface area contributed by atoms with Gasteiger partial charge >= 0.3 is 0 Å². The number of nitrogens with one attached hydrogen (secondary N) is 1. The fourth-order valence-electron chi connectivity index (χ4n) is 3.14. The van der Waals surface area contributed by atoms with E-state index in [9.17, 15) is 0 Å². The summed E-state index contributed by atoms with van der Waals surface area (Å²) in [5, 5.41) is 3.79. The molecule has 19 heavy (non-hydrogen) atoms. The molecule has 2 aliphatic rings. The molecule has 0 aromatic rings. The van der Waals surface area contributed by atoms with E-state index in [4.69, 9.17) is 9.47 Å². The van der Waals surface area contributed by atoms with Crippen molar-refractivity contribution in [2.75, 3.05) is 39.5 Å². The first-order valence-electron chi connectivity index (χ1n) is 7.81. The maximum absolute atomic E-state index is 5.91. The molecule has 2 heterocycles. The third-order valence-electron chi connectivity index (χ3n) is 4.50. The van der Waals surface area contributed by atoms with Crippen LogP contribution in [0.2, 0.25) is 0 Å². The molecule has 4 nitrogen and oxygen atoms in total. The Morgan fingerprint density at radius 2 is 2.05 bits per heavy atom. The Labute approximate surface area is 117 Å². The Kier molecular flexibility index (Phi) is 5.63. The molecule has 2 fully saturated rings. The Morgan fingerprint density at radius 3 is 2.74 bits per heavy atom. The Hall–Kier alpha value is -0.160. The Bertz CT molecular complexity index is 269. The average Bonchev–Trinajstić information content (AvgIpc) is 2.40. The second-order valence-corrected chi connectivity index (χ2v) is 6.32. The van der Waals surface area contributed by atoms with E-state index in [-0.39, 0.29) is 5.60 Å². The molecule has 3 atom stereocenters. The maximum Gasteiger partial charge on any atom is 0.0666 e. The fourth-order valence-corrected chi connectivity index (χ4v) is 3.14. The van der Waals surface area contributed by atoms with E-state index in [1.54, 1.807) is 0 Å². The van der Waals surface area contributed by atoms with E-state index in [0.29, 0.717) is 12.1 Å². The van der Waals surface area contributed by atoms with Gasteiger partial charge in [-0.3, -0.25) is 4.90 Å². The zero-order valence-electron chi connectivity index (χ0n) is 12.8. The van der Waals surface area contributed by atoms with E-state index >= 15 is 0 Å². The van der Waals surface area contributed by atoms with Crippen LogP contribution in [0.15, 0.2) is 0 Å². The van der Waals surface area contributed by atoms with Crippen molar-refractivity contribution in [3.8, 4) is 0 Å². The van der Waals surface area contributed by atoms with E-state index in [1.807, 2.05) is 0 Å². The summed E-state index contributed by atoms with van der Waals surface area (Å²) in [6.07, 6.45) is 3.38. The molecule has 0 spiro atoms. The van der Waals surface area contributed by atoms with Crippen molar-refractivity contribution >= 4 is 0 Å². The predicted molar refractivity (Wildman–Crippen MR) is 77.5 cm³/mol. The highest BCUT2D eigenvalue weighted by molar-refractivity contribution is 4.87. The zero-order valence-corrected chi connectivity index (χ0v) is 12.8. The Balaban J connectivity index is 1.73. The van der Waals surface area contributed by atoms with Gasteiger partial charge in [0.25, 0.3) is 0 Å². The topological polar surface area (TPSA) is 33.7 Å². The van der Waals surface area contributed by atoms with Gasteiger partial charge in [-0.05, 0) is 33.1 Å². The number of hydrogen-bond donors (Lipinski definition) is 1. The second kappa shape index (κ2) is 7.02. The third kappa shape index (κ3) is 4.71. The molecule has 3 unspecified atom stereocenters. The van der Waals surface area contributed by atoms with Gasteiger partial charge in [0.05, 0.1) is 18.8 Å². The summed E-state index contributed by atoms with van der Waals surface area (Å²) >= 11 is 0. The SMILES string of the molecule is CCC1(C)CC(NC(C)CN2CCOCC2)CCO1. The molecule has 112 valence electrons. The predicted octanol–water partition coefficient (Wildman–Crippen LogP) is 1.64. The van der Waals surface area contributed by atoms with Gasteiger partial charge in [0, 0.05) is 38.3 Å². The highest BCUT2D eigenvalue weighted by Gasteiger charge is 2.32. The molecule has 0 aromatic heterocycles. The van der Waals surface area contributed by atoms with Crippen molar-refractivity contribution in [3.05, 3.63) is 0 Å². The summed E-state index contributed by atoms with van der Waals surface area (Å²) in [7, 11) is 0. The normalized spacial score (nSPS) is 35.2. The first-order chi connectivity index (χ1) is 9.11. The van der Waals surface area contributed by atoms with E-state index < -0.39 is 0 Å². The summed E-state index contributed by atoms with van der Waals surface area (Å²) in [6, 6.07) is 1.15. The van der Waals surface area contributed by atoms with E-state index in [1.165, 1.54) is 0 Å². The van der Waals surface area contributed by atoms with Gasteiger partial charge in [0.2, 0.25) is 0 Å². The van der Waals surface area contributed by atoms with Gasteiger partial charge in [-0.25, -0.2) is 0 Å². The van der Waals surface area contributed by atoms with E-state index in [0.717, 1.165) is 58.7 Å².